The fraction of sp³-hybridized carbons (Fsp3) is 0.562. The van der Waals surface area contributed by atoms with Gasteiger partial charge in [0.25, 0.3) is 0 Å². The minimum atomic E-state index is -0.217. The summed E-state index contributed by atoms with van der Waals surface area (Å²) in [5.41, 5.74) is 1.03. The van der Waals surface area contributed by atoms with Crippen LogP contribution in [0.25, 0.3) is 0 Å². The first-order valence-corrected chi connectivity index (χ1v) is 6.77. The second-order valence-electron chi connectivity index (χ2n) is 5.55. The van der Waals surface area contributed by atoms with Gasteiger partial charge in [0.15, 0.2) is 0 Å². The molecule has 0 aromatic heterocycles. The van der Waals surface area contributed by atoms with Gasteiger partial charge in [-0.3, -0.25) is 0 Å². The Morgan fingerprint density at radius 3 is 2.47 bits per heavy atom. The van der Waals surface area contributed by atoms with Crippen molar-refractivity contribution in [2.45, 2.75) is 39.7 Å². The van der Waals surface area contributed by atoms with E-state index in [1.807, 2.05) is 26.0 Å². The monoisotopic (exact) mass is 260 g/mol. The van der Waals surface area contributed by atoms with E-state index >= 15 is 0 Å². The van der Waals surface area contributed by atoms with Gasteiger partial charge in [-0.1, -0.05) is 12.1 Å². The predicted molar refractivity (Wildman–Crippen MR) is 78.0 cm³/mol. The zero-order valence-corrected chi connectivity index (χ0v) is 12.4. The summed E-state index contributed by atoms with van der Waals surface area (Å²) in [6.45, 7) is 7.05. The quantitative estimate of drug-likeness (QED) is 0.761. The Morgan fingerprint density at radius 1 is 1.32 bits per heavy atom. The minimum Gasteiger partial charge on any atom is -0.497 e. The van der Waals surface area contributed by atoms with Gasteiger partial charge in [0.2, 0.25) is 0 Å². The average molecular weight is 260 g/mol. The van der Waals surface area contributed by atoms with Gasteiger partial charge in [0, 0.05) is 6.04 Å². The Hall–Kier alpha value is -1.53. The molecule has 1 N–H and O–H groups in total. The van der Waals surface area contributed by atoms with Gasteiger partial charge in [0.1, 0.15) is 5.75 Å². The molecule has 1 atom stereocenters. The van der Waals surface area contributed by atoms with Gasteiger partial charge in [-0.2, -0.15) is 5.26 Å². The number of nitriles is 1. The normalized spacial score (nSPS) is 12.8. The van der Waals surface area contributed by atoms with Crippen LogP contribution in [0, 0.1) is 16.7 Å². The lowest BCUT2D eigenvalue weighted by Gasteiger charge is -2.17. The van der Waals surface area contributed by atoms with E-state index in [1.54, 1.807) is 7.11 Å². The third-order valence-electron chi connectivity index (χ3n) is 3.35. The highest BCUT2D eigenvalue weighted by molar-refractivity contribution is 5.28. The molecule has 1 aromatic carbocycles. The minimum absolute atomic E-state index is 0.217. The molecule has 0 spiro atoms. The van der Waals surface area contributed by atoms with Crippen molar-refractivity contribution in [3.8, 4) is 11.8 Å². The molecule has 0 radical (unpaired) electrons. The number of nitrogens with one attached hydrogen (secondary N) is 1. The van der Waals surface area contributed by atoms with E-state index in [0.717, 1.165) is 25.1 Å². The zero-order chi connectivity index (χ0) is 14.3. The summed E-state index contributed by atoms with van der Waals surface area (Å²) in [5.74, 6) is 0.881. The summed E-state index contributed by atoms with van der Waals surface area (Å²) >= 11 is 0. The SMILES string of the molecule is COc1ccc([C@@H](C)NCCCC(C)(C)C#N)cc1. The summed E-state index contributed by atoms with van der Waals surface area (Å²) in [4.78, 5) is 0. The maximum atomic E-state index is 8.95. The number of nitrogens with zero attached hydrogens (tertiary/aromatic N) is 1. The van der Waals surface area contributed by atoms with Gasteiger partial charge < -0.3 is 10.1 Å². The summed E-state index contributed by atoms with van der Waals surface area (Å²) in [6.07, 6.45) is 1.94. The molecule has 0 aliphatic carbocycles. The molecule has 0 saturated carbocycles. The molecule has 104 valence electrons. The highest BCUT2D eigenvalue weighted by Gasteiger charge is 2.15. The van der Waals surface area contributed by atoms with E-state index in [9.17, 15) is 0 Å². The van der Waals surface area contributed by atoms with Gasteiger partial charge in [-0.25, -0.2) is 0 Å². The molecule has 3 nitrogen and oxygen atoms in total. The second kappa shape index (κ2) is 7.16. The van der Waals surface area contributed by atoms with Crippen LogP contribution in [0.4, 0.5) is 0 Å². The molecule has 0 heterocycles. The van der Waals surface area contributed by atoms with Crippen molar-refractivity contribution in [1.29, 1.82) is 5.26 Å². The van der Waals surface area contributed by atoms with E-state index in [-0.39, 0.29) is 5.41 Å². The molecule has 0 aliphatic heterocycles. The molecule has 1 rings (SSSR count). The van der Waals surface area contributed by atoms with Crippen LogP contribution in [0.3, 0.4) is 0 Å². The molecule has 3 heteroatoms. The van der Waals surface area contributed by atoms with Crippen molar-refractivity contribution in [2.75, 3.05) is 13.7 Å². The third-order valence-corrected chi connectivity index (χ3v) is 3.35. The summed E-state index contributed by atoms with van der Waals surface area (Å²) < 4.78 is 5.15. The lowest BCUT2D eigenvalue weighted by Crippen LogP contribution is -2.21. The zero-order valence-electron chi connectivity index (χ0n) is 12.4. The molecular formula is C16H24N2O. The topological polar surface area (TPSA) is 45.0 Å². The van der Waals surface area contributed by atoms with Crippen LogP contribution in [-0.2, 0) is 0 Å². The van der Waals surface area contributed by atoms with Gasteiger partial charge in [-0.05, 0) is 57.9 Å². The van der Waals surface area contributed by atoms with Crippen molar-refractivity contribution in [2.24, 2.45) is 5.41 Å². The number of rotatable bonds is 7. The van der Waals surface area contributed by atoms with E-state index in [2.05, 4.69) is 30.4 Å². The van der Waals surface area contributed by atoms with Crippen LogP contribution in [0.15, 0.2) is 24.3 Å². The summed E-state index contributed by atoms with van der Waals surface area (Å²) in [5, 5.41) is 12.4. The predicted octanol–water partition coefficient (Wildman–Crippen LogP) is 3.68. The number of hydrogen-bond donors (Lipinski definition) is 1. The van der Waals surface area contributed by atoms with Crippen LogP contribution in [-0.4, -0.2) is 13.7 Å². The molecule has 0 amide bonds. The number of ether oxygens (including phenoxy) is 1. The molecular weight excluding hydrogens is 236 g/mol. The second-order valence-corrected chi connectivity index (χ2v) is 5.55. The van der Waals surface area contributed by atoms with E-state index in [0.29, 0.717) is 6.04 Å². The first kappa shape index (κ1) is 15.5. The number of benzene rings is 1. The number of hydrogen-bond acceptors (Lipinski definition) is 3. The van der Waals surface area contributed by atoms with Gasteiger partial charge >= 0.3 is 0 Å². The molecule has 19 heavy (non-hydrogen) atoms. The van der Waals surface area contributed by atoms with Crippen LogP contribution in [0.1, 0.15) is 45.2 Å². The third kappa shape index (κ3) is 5.32. The summed E-state index contributed by atoms with van der Waals surface area (Å²) in [6, 6.07) is 10.8. The Bertz CT molecular complexity index is 417. The Kier molecular flexibility index (Phi) is 5.85. The van der Waals surface area contributed by atoms with Crippen LogP contribution in [0.2, 0.25) is 0 Å². The molecule has 0 aliphatic rings. The fourth-order valence-corrected chi connectivity index (χ4v) is 1.92. The molecule has 0 bridgehead atoms. The maximum absolute atomic E-state index is 8.95. The molecule has 0 saturated heterocycles. The number of methoxy groups -OCH3 is 1. The van der Waals surface area contributed by atoms with Crippen LogP contribution in [0.5, 0.6) is 5.75 Å². The maximum Gasteiger partial charge on any atom is 0.118 e. The van der Waals surface area contributed by atoms with E-state index in [4.69, 9.17) is 10.00 Å². The Morgan fingerprint density at radius 2 is 1.95 bits per heavy atom. The van der Waals surface area contributed by atoms with Crippen molar-refractivity contribution < 1.29 is 4.74 Å². The largest absolute Gasteiger partial charge is 0.497 e. The summed E-state index contributed by atoms with van der Waals surface area (Å²) in [7, 11) is 1.67. The fourth-order valence-electron chi connectivity index (χ4n) is 1.92. The van der Waals surface area contributed by atoms with E-state index < -0.39 is 0 Å². The smallest absolute Gasteiger partial charge is 0.118 e. The standard InChI is InChI=1S/C16H24N2O/c1-13(14-6-8-15(19-4)9-7-14)18-11-5-10-16(2,3)12-17/h6-9,13,18H,5,10-11H2,1-4H3/t13-/m1/s1. The Labute approximate surface area is 116 Å². The lowest BCUT2D eigenvalue weighted by atomic mass is 9.90. The highest BCUT2D eigenvalue weighted by Crippen LogP contribution is 2.21. The average Bonchev–Trinajstić information content (AvgIpc) is 2.43. The van der Waals surface area contributed by atoms with Gasteiger partial charge in [-0.15, -0.1) is 0 Å². The molecule has 0 unspecified atom stereocenters. The van der Waals surface area contributed by atoms with Crippen molar-refractivity contribution in [3.05, 3.63) is 29.8 Å². The van der Waals surface area contributed by atoms with E-state index in [1.165, 1.54) is 5.56 Å². The first-order valence-electron chi connectivity index (χ1n) is 6.77. The Balaban J connectivity index is 2.35. The van der Waals surface area contributed by atoms with Crippen LogP contribution >= 0.6 is 0 Å². The molecule has 0 fully saturated rings. The lowest BCUT2D eigenvalue weighted by molar-refractivity contribution is 0.412. The van der Waals surface area contributed by atoms with Crippen molar-refractivity contribution in [1.82, 2.24) is 5.32 Å². The highest BCUT2D eigenvalue weighted by atomic mass is 16.5. The van der Waals surface area contributed by atoms with Gasteiger partial charge in [0.05, 0.1) is 18.6 Å². The van der Waals surface area contributed by atoms with Crippen LogP contribution < -0.4 is 10.1 Å². The van der Waals surface area contributed by atoms with Crippen molar-refractivity contribution >= 4 is 0 Å². The van der Waals surface area contributed by atoms with Crippen molar-refractivity contribution in [3.63, 3.8) is 0 Å². The first-order chi connectivity index (χ1) is 8.98. The molecule has 1 aromatic rings.